The Bertz CT molecular complexity index is 487. The number of methoxy groups -OCH3 is 1. The molecule has 1 aliphatic rings. The summed E-state index contributed by atoms with van der Waals surface area (Å²) in [6.45, 7) is 1.64. The van der Waals surface area contributed by atoms with Crippen molar-refractivity contribution < 1.29 is 9.53 Å². The van der Waals surface area contributed by atoms with Crippen LogP contribution in [0.3, 0.4) is 0 Å². The second-order valence-electron chi connectivity index (χ2n) is 5.50. The van der Waals surface area contributed by atoms with E-state index in [9.17, 15) is 4.79 Å². The van der Waals surface area contributed by atoms with E-state index in [-0.39, 0.29) is 0 Å². The maximum atomic E-state index is 11.7. The molecule has 21 heavy (non-hydrogen) atoms. The molecule has 0 aliphatic heterocycles. The maximum Gasteiger partial charge on any atom is 0.341 e. The van der Waals surface area contributed by atoms with Crippen molar-refractivity contribution in [2.24, 2.45) is 0 Å². The molecule has 0 atom stereocenters. The second kappa shape index (κ2) is 7.26. The maximum absolute atomic E-state index is 11.7. The Hall–Kier alpha value is -1.82. The van der Waals surface area contributed by atoms with Gasteiger partial charge in [-0.25, -0.2) is 9.78 Å². The van der Waals surface area contributed by atoms with Crippen LogP contribution in [-0.4, -0.2) is 49.1 Å². The molecular weight excluding hydrogens is 268 g/mol. The van der Waals surface area contributed by atoms with E-state index in [4.69, 9.17) is 10.5 Å². The summed E-state index contributed by atoms with van der Waals surface area (Å²) in [6, 6.07) is 2.27. The largest absolute Gasteiger partial charge is 0.465 e. The highest BCUT2D eigenvalue weighted by Gasteiger charge is 2.19. The van der Waals surface area contributed by atoms with Crippen LogP contribution < -0.4 is 11.1 Å². The van der Waals surface area contributed by atoms with Gasteiger partial charge in [0.15, 0.2) is 0 Å². The van der Waals surface area contributed by atoms with Gasteiger partial charge in [0, 0.05) is 19.1 Å². The number of carbonyl (C=O) groups excluding carboxylic acids is 1. The monoisotopic (exact) mass is 292 g/mol. The zero-order valence-electron chi connectivity index (χ0n) is 12.8. The zero-order chi connectivity index (χ0) is 15.2. The average molecular weight is 292 g/mol. The van der Waals surface area contributed by atoms with Crippen molar-refractivity contribution in [3.8, 4) is 0 Å². The first-order valence-corrected chi connectivity index (χ1v) is 7.39. The van der Waals surface area contributed by atoms with E-state index >= 15 is 0 Å². The first kappa shape index (κ1) is 15.6. The average Bonchev–Trinajstić information content (AvgIpc) is 3.02. The summed E-state index contributed by atoms with van der Waals surface area (Å²) < 4.78 is 4.76. The Morgan fingerprint density at radius 1 is 1.52 bits per heavy atom. The molecule has 0 unspecified atom stereocenters. The van der Waals surface area contributed by atoms with Crippen LogP contribution in [0.4, 0.5) is 11.5 Å². The second-order valence-corrected chi connectivity index (χ2v) is 5.50. The fourth-order valence-corrected chi connectivity index (χ4v) is 2.77. The van der Waals surface area contributed by atoms with E-state index in [1.807, 2.05) is 0 Å². The Morgan fingerprint density at radius 2 is 2.24 bits per heavy atom. The van der Waals surface area contributed by atoms with E-state index in [1.54, 1.807) is 6.07 Å². The van der Waals surface area contributed by atoms with Crippen LogP contribution in [0.5, 0.6) is 0 Å². The number of nitrogens with two attached hydrogens (primary N) is 1. The van der Waals surface area contributed by atoms with Crippen LogP contribution in [0.15, 0.2) is 12.3 Å². The Morgan fingerprint density at radius 3 is 2.90 bits per heavy atom. The minimum Gasteiger partial charge on any atom is -0.465 e. The molecule has 1 fully saturated rings. The Balaban J connectivity index is 1.91. The molecule has 2 rings (SSSR count). The first-order chi connectivity index (χ1) is 10.1. The summed E-state index contributed by atoms with van der Waals surface area (Å²) in [5.41, 5.74) is 6.50. The number of anilines is 2. The van der Waals surface area contributed by atoms with Gasteiger partial charge in [-0.05, 0) is 26.0 Å². The van der Waals surface area contributed by atoms with Crippen LogP contribution in [0.25, 0.3) is 0 Å². The van der Waals surface area contributed by atoms with Crippen LogP contribution in [-0.2, 0) is 4.74 Å². The summed E-state index contributed by atoms with van der Waals surface area (Å²) in [6.07, 6.45) is 6.76. The highest BCUT2D eigenvalue weighted by Crippen LogP contribution is 2.22. The number of nitrogens with zero attached hydrogens (tertiary/aromatic N) is 2. The van der Waals surface area contributed by atoms with Gasteiger partial charge < -0.3 is 20.7 Å². The van der Waals surface area contributed by atoms with Crippen molar-refractivity contribution in [1.29, 1.82) is 0 Å². The predicted octanol–water partition coefficient (Wildman–Crippen LogP) is 1.74. The lowest BCUT2D eigenvalue weighted by Gasteiger charge is -2.24. The lowest BCUT2D eigenvalue weighted by atomic mass is 10.2. The van der Waals surface area contributed by atoms with Gasteiger partial charge in [-0.3, -0.25) is 0 Å². The number of rotatable bonds is 6. The van der Waals surface area contributed by atoms with Crippen LogP contribution in [0.1, 0.15) is 36.0 Å². The highest BCUT2D eigenvalue weighted by atomic mass is 16.5. The topological polar surface area (TPSA) is 80.5 Å². The van der Waals surface area contributed by atoms with Crippen LogP contribution >= 0.6 is 0 Å². The molecule has 0 radical (unpaired) electrons. The number of hydrogen-bond donors (Lipinski definition) is 2. The summed E-state index contributed by atoms with van der Waals surface area (Å²) in [5, 5.41) is 3.20. The van der Waals surface area contributed by atoms with Gasteiger partial charge in [0.25, 0.3) is 0 Å². The number of pyridine rings is 1. The van der Waals surface area contributed by atoms with Crippen molar-refractivity contribution >= 4 is 17.5 Å². The molecule has 0 amide bonds. The molecule has 1 aromatic heterocycles. The molecule has 1 aromatic rings. The number of nitrogen functional groups attached to an aromatic ring is 1. The predicted molar refractivity (Wildman–Crippen MR) is 83.4 cm³/mol. The quantitative estimate of drug-likeness (QED) is 0.777. The standard InChI is InChI=1S/C15H24N4O2/c1-19(12-5-3-4-6-12)8-7-17-14-13(15(20)21-2)9-11(16)10-18-14/h9-10,12H,3-8,16H2,1-2H3,(H,17,18). The number of hydrogen-bond acceptors (Lipinski definition) is 6. The van der Waals surface area contributed by atoms with E-state index in [2.05, 4.69) is 22.2 Å². The van der Waals surface area contributed by atoms with Crippen LogP contribution in [0.2, 0.25) is 0 Å². The normalized spacial score (nSPS) is 15.4. The lowest BCUT2D eigenvalue weighted by Crippen LogP contribution is -2.33. The highest BCUT2D eigenvalue weighted by molar-refractivity contribution is 5.95. The number of nitrogens with one attached hydrogen (secondary N) is 1. The number of carbonyl (C=O) groups is 1. The SMILES string of the molecule is COC(=O)c1cc(N)cnc1NCCN(C)C1CCCC1. The molecular formula is C15H24N4O2. The number of likely N-dealkylation sites (N-methyl/N-ethyl adjacent to an activating group) is 1. The first-order valence-electron chi connectivity index (χ1n) is 7.39. The van der Waals surface area contributed by atoms with Gasteiger partial charge in [-0.1, -0.05) is 12.8 Å². The molecule has 6 nitrogen and oxygen atoms in total. The van der Waals surface area contributed by atoms with Gasteiger partial charge in [0.2, 0.25) is 0 Å². The molecule has 1 aliphatic carbocycles. The molecule has 0 spiro atoms. The zero-order valence-corrected chi connectivity index (χ0v) is 12.8. The van der Waals surface area contributed by atoms with Gasteiger partial charge in [-0.2, -0.15) is 0 Å². The van der Waals surface area contributed by atoms with Crippen molar-refractivity contribution in [3.05, 3.63) is 17.8 Å². The van der Waals surface area contributed by atoms with Gasteiger partial charge in [0.05, 0.1) is 19.0 Å². The Labute approximate surface area is 125 Å². The fourth-order valence-electron chi connectivity index (χ4n) is 2.77. The van der Waals surface area contributed by atoms with E-state index < -0.39 is 5.97 Å². The molecule has 1 heterocycles. The third-order valence-corrected chi connectivity index (χ3v) is 4.02. The van der Waals surface area contributed by atoms with Crippen molar-refractivity contribution in [2.45, 2.75) is 31.7 Å². The third kappa shape index (κ3) is 4.07. The van der Waals surface area contributed by atoms with E-state index in [0.29, 0.717) is 23.1 Å². The third-order valence-electron chi connectivity index (χ3n) is 4.02. The van der Waals surface area contributed by atoms with Crippen LogP contribution in [0, 0.1) is 0 Å². The molecule has 1 saturated carbocycles. The molecule has 0 saturated heterocycles. The van der Waals surface area contributed by atoms with Crippen molar-refractivity contribution in [2.75, 3.05) is 38.3 Å². The van der Waals surface area contributed by atoms with Crippen molar-refractivity contribution in [1.82, 2.24) is 9.88 Å². The van der Waals surface area contributed by atoms with Gasteiger partial charge in [0.1, 0.15) is 11.4 Å². The molecule has 116 valence electrons. The molecule has 6 heteroatoms. The van der Waals surface area contributed by atoms with E-state index in [0.717, 1.165) is 13.1 Å². The minimum absolute atomic E-state index is 0.376. The van der Waals surface area contributed by atoms with E-state index in [1.165, 1.54) is 39.0 Å². The lowest BCUT2D eigenvalue weighted by molar-refractivity contribution is 0.0601. The summed E-state index contributed by atoms with van der Waals surface area (Å²) >= 11 is 0. The molecule has 3 N–H and O–H groups in total. The minimum atomic E-state index is -0.429. The number of ether oxygens (including phenoxy) is 1. The number of esters is 1. The Kier molecular flexibility index (Phi) is 5.38. The van der Waals surface area contributed by atoms with Crippen molar-refractivity contribution in [3.63, 3.8) is 0 Å². The summed E-state index contributed by atoms with van der Waals surface area (Å²) in [4.78, 5) is 18.3. The van der Waals surface area contributed by atoms with Gasteiger partial charge in [-0.15, -0.1) is 0 Å². The summed E-state index contributed by atoms with van der Waals surface area (Å²) in [5.74, 6) is 0.0947. The smallest absolute Gasteiger partial charge is 0.341 e. The van der Waals surface area contributed by atoms with Gasteiger partial charge >= 0.3 is 5.97 Å². The number of aromatic nitrogens is 1. The molecule has 0 bridgehead atoms. The fraction of sp³-hybridized carbons (Fsp3) is 0.600. The summed E-state index contributed by atoms with van der Waals surface area (Å²) in [7, 11) is 3.50. The molecule has 0 aromatic carbocycles.